The summed E-state index contributed by atoms with van der Waals surface area (Å²) in [5.74, 6) is -1.43. The smallest absolute Gasteiger partial charge is 0.480 e. The number of ether oxygens (including phenoxy) is 6. The summed E-state index contributed by atoms with van der Waals surface area (Å²) >= 11 is 0. The topological polar surface area (TPSA) is 156 Å². The second-order valence-electron chi connectivity index (χ2n) is 11.8. The van der Waals surface area contributed by atoms with Gasteiger partial charge in [-0.2, -0.15) is 0 Å². The van der Waals surface area contributed by atoms with E-state index < -0.39 is 53.4 Å². The van der Waals surface area contributed by atoms with Crippen LogP contribution in [0.5, 0.6) is 11.5 Å². The van der Waals surface area contributed by atoms with E-state index in [2.05, 4.69) is 5.32 Å². The molecule has 0 spiro atoms. The van der Waals surface area contributed by atoms with Crippen LogP contribution in [0, 0.1) is 0 Å². The molecule has 1 unspecified atom stereocenters. The molecule has 2 atom stereocenters. The molecule has 0 saturated heterocycles. The third-order valence-corrected chi connectivity index (χ3v) is 6.71. The van der Waals surface area contributed by atoms with Crippen molar-refractivity contribution in [2.45, 2.75) is 124 Å². The first-order valence-electron chi connectivity index (χ1n) is 14.1. The molecule has 1 aromatic carbocycles. The van der Waals surface area contributed by atoms with Gasteiger partial charge in [0.05, 0.1) is 0 Å². The van der Waals surface area contributed by atoms with Gasteiger partial charge >= 0.3 is 24.4 Å². The molecule has 2 N–H and O–H groups in total. The van der Waals surface area contributed by atoms with Crippen molar-refractivity contribution in [2.24, 2.45) is 0 Å². The third kappa shape index (κ3) is 13.4. The zero-order valence-electron chi connectivity index (χ0n) is 26.5. The van der Waals surface area contributed by atoms with E-state index in [9.17, 15) is 24.3 Å². The van der Waals surface area contributed by atoms with E-state index in [1.807, 2.05) is 20.8 Å². The van der Waals surface area contributed by atoms with E-state index >= 15 is 0 Å². The molecular weight excluding hydrogens is 550 g/mol. The number of carbonyl (C=O) groups is 4. The maximum absolute atomic E-state index is 12.5. The summed E-state index contributed by atoms with van der Waals surface area (Å²) in [5, 5.41) is 12.7. The van der Waals surface area contributed by atoms with Gasteiger partial charge in [-0.1, -0.05) is 26.8 Å². The van der Waals surface area contributed by atoms with E-state index in [0.29, 0.717) is 24.8 Å². The first-order chi connectivity index (χ1) is 19.3. The van der Waals surface area contributed by atoms with Gasteiger partial charge in [-0.3, -0.25) is 4.79 Å². The summed E-state index contributed by atoms with van der Waals surface area (Å²) in [4.78, 5) is 49.0. The van der Waals surface area contributed by atoms with Crippen molar-refractivity contribution < 1.29 is 52.7 Å². The third-order valence-electron chi connectivity index (χ3n) is 6.71. The average molecular weight is 598 g/mol. The van der Waals surface area contributed by atoms with Gasteiger partial charge < -0.3 is 38.8 Å². The SMILES string of the molecule is CCC(C)(C)OC(=O)Oc1ccc(C[C@H](NCC(C)OC(=O)OC(C)(C)CC)C(=O)O)cc1OC(=O)OC(C)(C)CC. The van der Waals surface area contributed by atoms with Gasteiger partial charge in [0.1, 0.15) is 28.9 Å². The second-order valence-corrected chi connectivity index (χ2v) is 11.8. The molecule has 0 aliphatic carbocycles. The Balaban J connectivity index is 3.09. The lowest BCUT2D eigenvalue weighted by atomic mass is 10.0. The fourth-order valence-electron chi connectivity index (χ4n) is 2.98. The first kappa shape index (κ1) is 36.5. The highest BCUT2D eigenvalue weighted by molar-refractivity contribution is 5.74. The number of aliphatic carboxylic acids is 1. The molecule has 12 heteroatoms. The molecule has 42 heavy (non-hydrogen) atoms. The van der Waals surface area contributed by atoms with Crippen LogP contribution in [0.25, 0.3) is 0 Å². The van der Waals surface area contributed by atoms with Gasteiger partial charge in [0, 0.05) is 6.54 Å². The van der Waals surface area contributed by atoms with Gasteiger partial charge in [-0.15, -0.1) is 0 Å². The second kappa shape index (κ2) is 15.6. The molecule has 12 nitrogen and oxygen atoms in total. The number of carbonyl (C=O) groups excluding carboxylic acids is 3. The van der Waals surface area contributed by atoms with E-state index in [-0.39, 0.29) is 24.5 Å². The van der Waals surface area contributed by atoms with Gasteiger partial charge in [-0.05, 0) is 91.8 Å². The Morgan fingerprint density at radius 2 is 1.21 bits per heavy atom. The first-order valence-corrected chi connectivity index (χ1v) is 14.1. The minimum Gasteiger partial charge on any atom is -0.480 e. The van der Waals surface area contributed by atoms with Crippen molar-refractivity contribution in [1.29, 1.82) is 0 Å². The van der Waals surface area contributed by atoms with Crippen molar-refractivity contribution in [3.05, 3.63) is 23.8 Å². The van der Waals surface area contributed by atoms with Crippen molar-refractivity contribution in [1.82, 2.24) is 5.32 Å². The highest BCUT2D eigenvalue weighted by atomic mass is 16.8. The molecule has 0 aliphatic rings. The maximum Gasteiger partial charge on any atom is 0.514 e. The summed E-state index contributed by atoms with van der Waals surface area (Å²) in [5.41, 5.74) is -1.84. The summed E-state index contributed by atoms with van der Waals surface area (Å²) in [6.07, 6.45) is -1.95. The van der Waals surface area contributed by atoms with E-state index in [4.69, 9.17) is 28.4 Å². The standard InChI is InChI=1S/C30H47NO11/c1-11-28(5,6)40-25(34)37-19(4)18-31-21(24(32)33)16-20-14-15-22(38-26(35)41-29(7,8)12-2)23(17-20)39-27(36)42-30(9,10)13-3/h14-15,17,19,21,31H,11-13,16,18H2,1-10H3,(H,32,33)/t19?,21-/m0/s1. The zero-order valence-corrected chi connectivity index (χ0v) is 26.5. The molecule has 0 aliphatic heterocycles. The van der Waals surface area contributed by atoms with Crippen LogP contribution in [0.2, 0.25) is 0 Å². The van der Waals surface area contributed by atoms with Crippen molar-refractivity contribution in [2.75, 3.05) is 6.54 Å². The molecule has 1 aromatic rings. The molecule has 0 bridgehead atoms. The van der Waals surface area contributed by atoms with E-state index in [1.54, 1.807) is 48.5 Å². The van der Waals surface area contributed by atoms with Crippen LogP contribution in [0.1, 0.15) is 94.1 Å². The predicted octanol–water partition coefficient (Wildman–Crippen LogP) is 6.41. The minimum atomic E-state index is -1.16. The van der Waals surface area contributed by atoms with Crippen molar-refractivity contribution in [3.8, 4) is 11.5 Å². The summed E-state index contributed by atoms with van der Waals surface area (Å²) in [6.45, 7) is 17.6. The number of nitrogens with one attached hydrogen (secondary N) is 1. The van der Waals surface area contributed by atoms with Crippen molar-refractivity contribution >= 4 is 24.4 Å². The van der Waals surface area contributed by atoms with Crippen LogP contribution in [0.3, 0.4) is 0 Å². The van der Waals surface area contributed by atoms with Crippen LogP contribution in [0.4, 0.5) is 14.4 Å². The quantitative estimate of drug-likeness (QED) is 0.130. The monoisotopic (exact) mass is 597 g/mol. The largest absolute Gasteiger partial charge is 0.514 e. The van der Waals surface area contributed by atoms with Crippen LogP contribution in [-0.4, -0.2) is 65.0 Å². The minimum absolute atomic E-state index is 0.0284. The number of rotatable bonds is 15. The fraction of sp³-hybridized carbons (Fsp3) is 0.667. The molecular formula is C30H47NO11. The average Bonchev–Trinajstić information content (AvgIpc) is 2.86. The number of hydrogen-bond donors (Lipinski definition) is 2. The number of carboxylic acid groups (broad SMARTS) is 1. The maximum atomic E-state index is 12.5. The van der Waals surface area contributed by atoms with Crippen LogP contribution >= 0.6 is 0 Å². The summed E-state index contributed by atoms with van der Waals surface area (Å²) < 4.78 is 31.9. The Kier molecular flexibility index (Phi) is 13.6. The lowest BCUT2D eigenvalue weighted by Crippen LogP contribution is -2.43. The molecule has 0 heterocycles. The molecule has 0 saturated carbocycles. The van der Waals surface area contributed by atoms with E-state index in [0.717, 1.165) is 0 Å². The highest BCUT2D eigenvalue weighted by Gasteiger charge is 2.28. The van der Waals surface area contributed by atoms with Crippen LogP contribution < -0.4 is 14.8 Å². The van der Waals surface area contributed by atoms with Gasteiger partial charge in [0.25, 0.3) is 0 Å². The fourth-order valence-corrected chi connectivity index (χ4v) is 2.98. The summed E-state index contributed by atoms with van der Waals surface area (Å²) in [6, 6.07) is 3.19. The molecule has 0 aromatic heterocycles. The Labute approximate surface area is 248 Å². The van der Waals surface area contributed by atoms with E-state index in [1.165, 1.54) is 18.2 Å². The molecule has 0 fully saturated rings. The Bertz CT molecular complexity index is 1080. The Morgan fingerprint density at radius 3 is 1.67 bits per heavy atom. The Hall–Kier alpha value is -3.54. The normalized spacial score (nSPS) is 13.4. The molecule has 0 radical (unpaired) electrons. The van der Waals surface area contributed by atoms with Crippen LogP contribution in [-0.2, 0) is 30.2 Å². The number of hydrogen-bond acceptors (Lipinski definition) is 11. The lowest BCUT2D eigenvalue weighted by Gasteiger charge is -2.25. The Morgan fingerprint density at radius 1 is 0.762 bits per heavy atom. The summed E-state index contributed by atoms with van der Waals surface area (Å²) in [7, 11) is 0. The lowest BCUT2D eigenvalue weighted by molar-refractivity contribution is -0.139. The number of carboxylic acids is 1. The van der Waals surface area contributed by atoms with Gasteiger partial charge in [-0.25, -0.2) is 14.4 Å². The predicted molar refractivity (Wildman–Crippen MR) is 154 cm³/mol. The zero-order chi connectivity index (χ0) is 32.3. The number of benzene rings is 1. The highest BCUT2D eigenvalue weighted by Crippen LogP contribution is 2.31. The molecule has 0 amide bonds. The molecule has 238 valence electrons. The van der Waals surface area contributed by atoms with Gasteiger partial charge in [0.2, 0.25) is 0 Å². The van der Waals surface area contributed by atoms with Crippen molar-refractivity contribution in [3.63, 3.8) is 0 Å². The molecule has 1 rings (SSSR count). The van der Waals surface area contributed by atoms with Gasteiger partial charge in [0.15, 0.2) is 11.5 Å². The van der Waals surface area contributed by atoms with Crippen LogP contribution in [0.15, 0.2) is 18.2 Å².